The summed E-state index contributed by atoms with van der Waals surface area (Å²) in [5.41, 5.74) is 1.28. The van der Waals surface area contributed by atoms with Gasteiger partial charge in [0.2, 0.25) is 0 Å². The molecule has 1 aromatic carbocycles. The van der Waals surface area contributed by atoms with Crippen LogP contribution in [0.2, 0.25) is 0 Å². The number of rotatable bonds is 7. The number of carbonyl (C=O) groups is 1. The first kappa shape index (κ1) is 18.3. The van der Waals surface area contributed by atoms with Crippen molar-refractivity contribution in [3.8, 4) is 11.4 Å². The van der Waals surface area contributed by atoms with Crippen LogP contribution in [0.25, 0.3) is 11.4 Å². The van der Waals surface area contributed by atoms with Gasteiger partial charge in [-0.05, 0) is 6.42 Å². The first-order chi connectivity index (χ1) is 12.8. The average Bonchev–Trinajstić information content (AvgIpc) is 2.72. The third-order valence-electron chi connectivity index (χ3n) is 4.11. The van der Waals surface area contributed by atoms with Crippen molar-refractivity contribution in [2.75, 3.05) is 51.9 Å². The van der Waals surface area contributed by atoms with Crippen LogP contribution in [-0.2, 0) is 9.47 Å². The molecule has 1 aromatic heterocycles. The number of methoxy groups -OCH3 is 1. The summed E-state index contributed by atoms with van der Waals surface area (Å²) in [7, 11) is 1.68. The molecule has 0 spiro atoms. The second-order valence-electron chi connectivity index (χ2n) is 6.01. The number of carbonyl (C=O) groups excluding carboxylic acids is 1. The van der Waals surface area contributed by atoms with Crippen LogP contribution < -0.4 is 5.32 Å². The molecule has 0 unspecified atom stereocenters. The fourth-order valence-electron chi connectivity index (χ4n) is 2.73. The summed E-state index contributed by atoms with van der Waals surface area (Å²) in [5.74, 6) is 1.10. The summed E-state index contributed by atoms with van der Waals surface area (Å²) in [6.07, 6.45) is 0.855. The molecule has 0 aliphatic carbocycles. The van der Waals surface area contributed by atoms with E-state index in [1.807, 2.05) is 30.3 Å². The Bertz CT molecular complexity index is 718. The van der Waals surface area contributed by atoms with Crippen molar-refractivity contribution >= 4 is 11.7 Å². The first-order valence-corrected chi connectivity index (χ1v) is 8.82. The molecule has 2 aromatic rings. The fraction of sp³-hybridized carbons (Fsp3) is 0.421. The quantitative estimate of drug-likeness (QED) is 0.766. The number of amides is 1. The van der Waals surface area contributed by atoms with Crippen molar-refractivity contribution in [2.24, 2.45) is 0 Å². The van der Waals surface area contributed by atoms with E-state index in [1.54, 1.807) is 18.1 Å². The van der Waals surface area contributed by atoms with E-state index in [0.29, 0.717) is 56.8 Å². The number of ether oxygens (including phenoxy) is 2. The lowest BCUT2D eigenvalue weighted by Gasteiger charge is -2.26. The van der Waals surface area contributed by atoms with Crippen molar-refractivity contribution in [3.63, 3.8) is 0 Å². The Balaban J connectivity index is 1.85. The van der Waals surface area contributed by atoms with Gasteiger partial charge < -0.3 is 19.7 Å². The summed E-state index contributed by atoms with van der Waals surface area (Å²) in [4.78, 5) is 23.7. The molecule has 1 amide bonds. The smallest absolute Gasteiger partial charge is 0.272 e. The number of hydrogen-bond donors (Lipinski definition) is 1. The molecule has 3 rings (SSSR count). The monoisotopic (exact) mass is 356 g/mol. The maximum Gasteiger partial charge on any atom is 0.272 e. The van der Waals surface area contributed by atoms with Crippen molar-refractivity contribution in [1.29, 1.82) is 0 Å². The molecule has 1 aliphatic rings. The van der Waals surface area contributed by atoms with Gasteiger partial charge in [0.1, 0.15) is 11.5 Å². The van der Waals surface area contributed by atoms with Gasteiger partial charge in [0, 0.05) is 45.0 Å². The maximum atomic E-state index is 12.8. The third kappa shape index (κ3) is 4.77. The average molecular weight is 356 g/mol. The number of aromatic nitrogens is 2. The summed E-state index contributed by atoms with van der Waals surface area (Å²) in [5, 5.41) is 3.26. The highest BCUT2D eigenvalue weighted by Gasteiger charge is 2.21. The predicted octanol–water partition coefficient (Wildman–Crippen LogP) is 2.06. The molecule has 1 fully saturated rings. The molecule has 26 heavy (non-hydrogen) atoms. The minimum Gasteiger partial charge on any atom is -0.385 e. The van der Waals surface area contributed by atoms with Crippen molar-refractivity contribution in [3.05, 3.63) is 42.1 Å². The lowest BCUT2D eigenvalue weighted by Crippen LogP contribution is -2.41. The van der Waals surface area contributed by atoms with Gasteiger partial charge in [-0.2, -0.15) is 0 Å². The number of hydrogen-bond acceptors (Lipinski definition) is 6. The molecule has 1 saturated heterocycles. The second kappa shape index (κ2) is 9.26. The van der Waals surface area contributed by atoms with Gasteiger partial charge in [-0.15, -0.1) is 0 Å². The largest absolute Gasteiger partial charge is 0.385 e. The molecular formula is C19H24N4O3. The highest BCUT2D eigenvalue weighted by Crippen LogP contribution is 2.19. The van der Waals surface area contributed by atoms with Crippen LogP contribution in [0.15, 0.2) is 36.4 Å². The molecule has 0 saturated carbocycles. The van der Waals surface area contributed by atoms with Crippen molar-refractivity contribution in [1.82, 2.24) is 14.9 Å². The number of benzene rings is 1. The molecule has 2 heterocycles. The van der Waals surface area contributed by atoms with Gasteiger partial charge >= 0.3 is 0 Å². The van der Waals surface area contributed by atoms with Crippen LogP contribution in [-0.4, -0.2) is 67.3 Å². The van der Waals surface area contributed by atoms with Gasteiger partial charge in [0.05, 0.1) is 13.2 Å². The van der Waals surface area contributed by atoms with E-state index in [4.69, 9.17) is 9.47 Å². The zero-order chi connectivity index (χ0) is 18.2. The molecule has 138 valence electrons. The van der Waals surface area contributed by atoms with E-state index in [-0.39, 0.29) is 5.91 Å². The number of anilines is 1. The van der Waals surface area contributed by atoms with Gasteiger partial charge in [-0.1, -0.05) is 30.3 Å². The number of nitrogens with one attached hydrogen (secondary N) is 1. The van der Waals surface area contributed by atoms with Crippen LogP contribution in [0.3, 0.4) is 0 Å². The highest BCUT2D eigenvalue weighted by molar-refractivity contribution is 5.93. The zero-order valence-electron chi connectivity index (χ0n) is 15.0. The topological polar surface area (TPSA) is 76.6 Å². The van der Waals surface area contributed by atoms with Gasteiger partial charge in [0.15, 0.2) is 5.82 Å². The Morgan fingerprint density at radius 2 is 2.00 bits per heavy atom. The minimum atomic E-state index is -0.0900. The third-order valence-corrected chi connectivity index (χ3v) is 4.11. The van der Waals surface area contributed by atoms with Crippen LogP contribution in [0, 0.1) is 0 Å². The van der Waals surface area contributed by atoms with Gasteiger partial charge in [0.25, 0.3) is 5.91 Å². The Morgan fingerprint density at radius 3 is 2.73 bits per heavy atom. The molecule has 1 aliphatic heterocycles. The summed E-state index contributed by atoms with van der Waals surface area (Å²) < 4.78 is 10.4. The number of nitrogens with zero attached hydrogens (tertiary/aromatic N) is 3. The summed E-state index contributed by atoms with van der Waals surface area (Å²) >= 11 is 0. The standard InChI is InChI=1S/C19H24N4O3/c1-25-11-5-8-20-17-14-16(19(24)23-9-12-26-13-10-23)21-18(22-17)15-6-3-2-4-7-15/h2-4,6-7,14H,5,8-13H2,1H3,(H,20,21,22). The van der Waals surface area contributed by atoms with E-state index < -0.39 is 0 Å². The Hall–Kier alpha value is -2.51. The zero-order valence-corrected chi connectivity index (χ0v) is 15.0. The fourth-order valence-corrected chi connectivity index (χ4v) is 2.73. The summed E-state index contributed by atoms with van der Waals surface area (Å²) in [6.45, 7) is 3.67. The Morgan fingerprint density at radius 1 is 1.23 bits per heavy atom. The normalized spacial score (nSPS) is 14.3. The molecule has 0 bridgehead atoms. The molecule has 1 N–H and O–H groups in total. The van der Waals surface area contributed by atoms with E-state index in [9.17, 15) is 4.79 Å². The van der Waals surface area contributed by atoms with Crippen LogP contribution in [0.1, 0.15) is 16.9 Å². The first-order valence-electron chi connectivity index (χ1n) is 8.82. The van der Waals surface area contributed by atoms with Crippen LogP contribution in [0.5, 0.6) is 0 Å². The Labute approximate surface area is 153 Å². The highest BCUT2D eigenvalue weighted by atomic mass is 16.5. The molecular weight excluding hydrogens is 332 g/mol. The second-order valence-corrected chi connectivity index (χ2v) is 6.01. The maximum absolute atomic E-state index is 12.8. The van der Waals surface area contributed by atoms with E-state index in [0.717, 1.165) is 12.0 Å². The van der Waals surface area contributed by atoms with Crippen LogP contribution >= 0.6 is 0 Å². The molecule has 0 radical (unpaired) electrons. The lowest BCUT2D eigenvalue weighted by atomic mass is 10.2. The summed E-state index contributed by atoms with van der Waals surface area (Å²) in [6, 6.07) is 11.4. The van der Waals surface area contributed by atoms with Crippen molar-refractivity contribution in [2.45, 2.75) is 6.42 Å². The van der Waals surface area contributed by atoms with Crippen LogP contribution in [0.4, 0.5) is 5.82 Å². The van der Waals surface area contributed by atoms with Gasteiger partial charge in [-0.3, -0.25) is 4.79 Å². The molecule has 0 atom stereocenters. The van der Waals surface area contributed by atoms with E-state index >= 15 is 0 Å². The van der Waals surface area contributed by atoms with E-state index in [2.05, 4.69) is 15.3 Å². The lowest BCUT2D eigenvalue weighted by molar-refractivity contribution is 0.0299. The van der Waals surface area contributed by atoms with E-state index in [1.165, 1.54) is 0 Å². The Kier molecular flexibility index (Phi) is 6.51. The predicted molar refractivity (Wildman–Crippen MR) is 99.2 cm³/mol. The minimum absolute atomic E-state index is 0.0900. The van der Waals surface area contributed by atoms with Crippen molar-refractivity contribution < 1.29 is 14.3 Å². The molecule has 7 nitrogen and oxygen atoms in total. The van der Waals surface area contributed by atoms with Gasteiger partial charge in [-0.25, -0.2) is 9.97 Å². The number of morpholine rings is 1. The molecule has 7 heteroatoms. The SMILES string of the molecule is COCCCNc1cc(C(=O)N2CCOCC2)nc(-c2ccccc2)n1.